The predicted molar refractivity (Wildman–Crippen MR) is 56.5 cm³/mol. The van der Waals surface area contributed by atoms with Crippen LogP contribution in [0.2, 0.25) is 0 Å². The Morgan fingerprint density at radius 2 is 1.79 bits per heavy atom. The molecule has 0 aromatic heterocycles. The van der Waals surface area contributed by atoms with E-state index in [-0.39, 0.29) is 0 Å². The third kappa shape index (κ3) is 4.25. The van der Waals surface area contributed by atoms with Gasteiger partial charge in [0.25, 0.3) is 0 Å². The van der Waals surface area contributed by atoms with E-state index < -0.39 is 0 Å². The molecular weight excluding hydrogens is 178 g/mol. The zero-order valence-electron chi connectivity index (χ0n) is 8.53. The molecule has 1 aromatic rings. The lowest BCUT2D eigenvalue weighted by molar-refractivity contribution is 0.106. The molecule has 0 unspecified atom stereocenters. The zero-order chi connectivity index (χ0) is 10.2. The van der Waals surface area contributed by atoms with E-state index in [1.165, 1.54) is 5.56 Å². The fourth-order valence-corrected chi connectivity index (χ4v) is 1.04. The topological polar surface area (TPSA) is 44.5 Å². The van der Waals surface area contributed by atoms with Crippen LogP contribution in [0.15, 0.2) is 24.3 Å². The van der Waals surface area contributed by atoms with Gasteiger partial charge in [0.2, 0.25) is 0 Å². The lowest BCUT2D eigenvalue weighted by atomic mass is 10.2. The van der Waals surface area contributed by atoms with E-state index in [4.69, 9.17) is 15.2 Å². The molecule has 0 spiro atoms. The molecule has 1 rings (SSSR count). The van der Waals surface area contributed by atoms with Gasteiger partial charge in [-0.25, -0.2) is 0 Å². The second-order valence-electron chi connectivity index (χ2n) is 3.06. The number of rotatable bonds is 6. The fraction of sp³-hybridized carbons (Fsp3) is 0.455. The van der Waals surface area contributed by atoms with Gasteiger partial charge < -0.3 is 15.2 Å². The van der Waals surface area contributed by atoms with Crippen molar-refractivity contribution in [2.75, 3.05) is 26.4 Å². The standard InChI is InChI=1S/C11H17NO2/c1-10-2-4-11(5-3-10)14-9-8-13-7-6-12/h2-5H,6-9,12H2,1H3. The van der Waals surface area contributed by atoms with Gasteiger partial charge in [0.15, 0.2) is 0 Å². The molecule has 0 aliphatic rings. The summed E-state index contributed by atoms with van der Waals surface area (Å²) in [5, 5.41) is 0. The van der Waals surface area contributed by atoms with E-state index >= 15 is 0 Å². The van der Waals surface area contributed by atoms with Gasteiger partial charge in [-0.1, -0.05) is 17.7 Å². The molecule has 0 aliphatic heterocycles. The van der Waals surface area contributed by atoms with Crippen molar-refractivity contribution in [3.05, 3.63) is 29.8 Å². The minimum absolute atomic E-state index is 0.560. The number of benzene rings is 1. The first-order valence-corrected chi connectivity index (χ1v) is 4.80. The van der Waals surface area contributed by atoms with Crippen molar-refractivity contribution in [1.29, 1.82) is 0 Å². The van der Waals surface area contributed by atoms with Crippen LogP contribution in [-0.2, 0) is 4.74 Å². The minimum atomic E-state index is 0.560. The third-order valence-electron chi connectivity index (χ3n) is 1.78. The maximum Gasteiger partial charge on any atom is 0.119 e. The Balaban J connectivity index is 2.15. The van der Waals surface area contributed by atoms with Crippen molar-refractivity contribution in [3.8, 4) is 5.75 Å². The highest BCUT2D eigenvalue weighted by Gasteiger charge is 1.92. The van der Waals surface area contributed by atoms with Crippen LogP contribution in [0.3, 0.4) is 0 Å². The maximum atomic E-state index is 5.44. The van der Waals surface area contributed by atoms with Crippen molar-refractivity contribution in [2.45, 2.75) is 6.92 Å². The molecule has 14 heavy (non-hydrogen) atoms. The molecule has 1 aromatic carbocycles. The molecule has 0 heterocycles. The summed E-state index contributed by atoms with van der Waals surface area (Å²) in [7, 11) is 0. The number of nitrogens with two attached hydrogens (primary N) is 1. The Kier molecular flexibility index (Phi) is 5.04. The molecule has 3 heteroatoms. The molecule has 0 radical (unpaired) electrons. The highest BCUT2D eigenvalue weighted by Crippen LogP contribution is 2.10. The van der Waals surface area contributed by atoms with Crippen molar-refractivity contribution >= 4 is 0 Å². The van der Waals surface area contributed by atoms with E-state index in [1.807, 2.05) is 31.2 Å². The Morgan fingerprint density at radius 1 is 1.07 bits per heavy atom. The van der Waals surface area contributed by atoms with Crippen LogP contribution in [0.25, 0.3) is 0 Å². The second-order valence-corrected chi connectivity index (χ2v) is 3.06. The molecule has 0 fully saturated rings. The van der Waals surface area contributed by atoms with Crippen molar-refractivity contribution in [1.82, 2.24) is 0 Å². The molecule has 78 valence electrons. The average molecular weight is 195 g/mol. The minimum Gasteiger partial charge on any atom is -0.491 e. The summed E-state index contributed by atoms with van der Waals surface area (Å²) in [6, 6.07) is 7.96. The fourth-order valence-electron chi connectivity index (χ4n) is 1.04. The van der Waals surface area contributed by atoms with Gasteiger partial charge in [-0.2, -0.15) is 0 Å². The van der Waals surface area contributed by atoms with E-state index in [9.17, 15) is 0 Å². The summed E-state index contributed by atoms with van der Waals surface area (Å²) in [5.41, 5.74) is 6.51. The average Bonchev–Trinajstić information content (AvgIpc) is 2.21. The van der Waals surface area contributed by atoms with E-state index in [0.29, 0.717) is 26.4 Å². The Morgan fingerprint density at radius 3 is 2.43 bits per heavy atom. The van der Waals surface area contributed by atoms with Crippen LogP contribution < -0.4 is 10.5 Å². The van der Waals surface area contributed by atoms with Gasteiger partial charge in [-0.05, 0) is 19.1 Å². The third-order valence-corrected chi connectivity index (χ3v) is 1.78. The van der Waals surface area contributed by atoms with Crippen LogP contribution in [0.4, 0.5) is 0 Å². The molecular formula is C11H17NO2. The number of hydrogen-bond donors (Lipinski definition) is 1. The van der Waals surface area contributed by atoms with Gasteiger partial charge in [0, 0.05) is 6.54 Å². The maximum absolute atomic E-state index is 5.44. The Labute approximate surface area is 84.8 Å². The Bertz CT molecular complexity index is 246. The number of aryl methyl sites for hydroxylation is 1. The number of ether oxygens (including phenoxy) is 2. The summed E-state index contributed by atoms with van der Waals surface area (Å²) in [5.74, 6) is 0.881. The smallest absolute Gasteiger partial charge is 0.119 e. The molecule has 3 nitrogen and oxygen atoms in total. The summed E-state index contributed by atoms with van der Waals surface area (Å²) in [6.45, 7) is 4.37. The molecule has 0 saturated carbocycles. The van der Waals surface area contributed by atoms with Crippen molar-refractivity contribution in [3.63, 3.8) is 0 Å². The van der Waals surface area contributed by atoms with Crippen LogP contribution in [0.1, 0.15) is 5.56 Å². The highest BCUT2D eigenvalue weighted by atomic mass is 16.5. The van der Waals surface area contributed by atoms with Crippen LogP contribution in [0.5, 0.6) is 5.75 Å². The zero-order valence-corrected chi connectivity index (χ0v) is 8.53. The van der Waals surface area contributed by atoms with Gasteiger partial charge in [-0.15, -0.1) is 0 Å². The lowest BCUT2D eigenvalue weighted by Gasteiger charge is -2.06. The largest absolute Gasteiger partial charge is 0.491 e. The molecule has 0 bridgehead atoms. The van der Waals surface area contributed by atoms with Crippen LogP contribution in [-0.4, -0.2) is 26.4 Å². The molecule has 0 aliphatic carbocycles. The van der Waals surface area contributed by atoms with E-state index in [0.717, 1.165) is 5.75 Å². The summed E-state index contributed by atoms with van der Waals surface area (Å²) < 4.78 is 10.6. The first-order valence-electron chi connectivity index (χ1n) is 4.80. The lowest BCUT2D eigenvalue weighted by Crippen LogP contribution is -2.13. The highest BCUT2D eigenvalue weighted by molar-refractivity contribution is 5.26. The van der Waals surface area contributed by atoms with Gasteiger partial charge in [0.1, 0.15) is 12.4 Å². The van der Waals surface area contributed by atoms with E-state index in [1.54, 1.807) is 0 Å². The molecule has 0 saturated heterocycles. The predicted octanol–water partition coefficient (Wildman–Crippen LogP) is 1.35. The quantitative estimate of drug-likeness (QED) is 0.697. The van der Waals surface area contributed by atoms with Crippen LogP contribution >= 0.6 is 0 Å². The molecule has 2 N–H and O–H groups in total. The SMILES string of the molecule is Cc1ccc(OCCOCCN)cc1. The first kappa shape index (κ1) is 11.0. The van der Waals surface area contributed by atoms with Gasteiger partial charge in [-0.3, -0.25) is 0 Å². The van der Waals surface area contributed by atoms with Crippen molar-refractivity contribution in [2.24, 2.45) is 5.73 Å². The normalized spacial score (nSPS) is 10.1. The van der Waals surface area contributed by atoms with Gasteiger partial charge in [0.05, 0.1) is 13.2 Å². The van der Waals surface area contributed by atoms with Crippen molar-refractivity contribution < 1.29 is 9.47 Å². The molecule has 0 amide bonds. The van der Waals surface area contributed by atoms with E-state index in [2.05, 4.69) is 0 Å². The Hall–Kier alpha value is -1.06. The van der Waals surface area contributed by atoms with Gasteiger partial charge >= 0.3 is 0 Å². The first-order chi connectivity index (χ1) is 6.83. The van der Waals surface area contributed by atoms with Crippen LogP contribution in [0, 0.1) is 6.92 Å². The molecule has 0 atom stereocenters. The second kappa shape index (κ2) is 6.40. The summed E-state index contributed by atoms with van der Waals surface area (Å²) in [4.78, 5) is 0. The summed E-state index contributed by atoms with van der Waals surface area (Å²) >= 11 is 0. The monoisotopic (exact) mass is 195 g/mol. The summed E-state index contributed by atoms with van der Waals surface area (Å²) in [6.07, 6.45) is 0. The number of hydrogen-bond acceptors (Lipinski definition) is 3.